The summed E-state index contributed by atoms with van der Waals surface area (Å²) in [5.41, 5.74) is 2.03. The van der Waals surface area contributed by atoms with E-state index in [2.05, 4.69) is 29.3 Å². The molecule has 3 aromatic carbocycles. The highest BCUT2D eigenvalue weighted by atomic mass is 35.5. The van der Waals surface area contributed by atoms with Crippen LogP contribution in [-0.4, -0.2) is 11.3 Å². The van der Waals surface area contributed by atoms with E-state index in [1.54, 1.807) is 11.3 Å². The van der Waals surface area contributed by atoms with Crippen molar-refractivity contribution in [1.29, 1.82) is 0 Å². The molecule has 3 nitrogen and oxygen atoms in total. The average molecular weight is 282 g/mol. The van der Waals surface area contributed by atoms with Crippen molar-refractivity contribution in [3.05, 3.63) is 53.1 Å². The summed E-state index contributed by atoms with van der Waals surface area (Å²) >= 11 is 6.41. The molecule has 2 N–H and O–H groups in total. The maximum Gasteiger partial charge on any atom is 0.106 e. The van der Waals surface area contributed by atoms with Gasteiger partial charge in [0.15, 0.2) is 0 Å². The van der Waals surface area contributed by atoms with Crippen LogP contribution in [0.3, 0.4) is 0 Å². The first kappa shape index (κ1) is 11.7. The van der Waals surface area contributed by atoms with Gasteiger partial charge in [0, 0.05) is 10.9 Å². The molecule has 98 valence electrons. The molecule has 0 bridgehead atoms. The van der Waals surface area contributed by atoms with Crippen molar-refractivity contribution < 1.29 is 0 Å². The molecular weight excluding hydrogens is 270 g/mol. The van der Waals surface area contributed by atoms with E-state index >= 15 is 0 Å². The largest absolute Gasteiger partial charge is 0.296 e. The van der Waals surface area contributed by atoms with Crippen LogP contribution in [0.2, 0.25) is 5.02 Å². The molecule has 0 spiro atoms. The quantitative estimate of drug-likeness (QED) is 0.500. The van der Waals surface area contributed by atoms with Crippen LogP contribution < -0.4 is 5.84 Å². The molecule has 0 unspecified atom stereocenters. The third-order valence-corrected chi connectivity index (χ3v) is 4.04. The van der Waals surface area contributed by atoms with Crippen LogP contribution in [0.25, 0.3) is 21.5 Å². The Balaban J connectivity index is 2.15. The third kappa shape index (κ3) is 1.68. The topological polar surface area (TPSA) is 41.6 Å². The van der Waals surface area contributed by atoms with Crippen molar-refractivity contribution in [3.63, 3.8) is 0 Å². The maximum absolute atomic E-state index is 6.41. The Kier molecular flexibility index (Phi) is 2.46. The Bertz CT molecular complexity index is 870. The molecule has 0 saturated carbocycles. The Morgan fingerprint density at radius 2 is 1.75 bits per heavy atom. The van der Waals surface area contributed by atoms with E-state index in [1.807, 2.05) is 18.2 Å². The van der Waals surface area contributed by atoms with E-state index in [-0.39, 0.29) is 0 Å². The molecule has 0 radical (unpaired) electrons. The second-order valence-corrected chi connectivity index (χ2v) is 5.43. The fraction of sp³-hybridized carbons (Fsp3) is 0.0625. The van der Waals surface area contributed by atoms with Gasteiger partial charge in [-0.25, -0.2) is 10.8 Å². The number of nitrogens with two attached hydrogens (primary N) is 1. The minimum atomic E-state index is 0.644. The highest BCUT2D eigenvalue weighted by molar-refractivity contribution is 6.36. The molecule has 4 heteroatoms. The molecule has 0 atom stereocenters. The van der Waals surface area contributed by atoms with Gasteiger partial charge in [-0.05, 0) is 34.4 Å². The van der Waals surface area contributed by atoms with Gasteiger partial charge in [0.2, 0.25) is 0 Å². The van der Waals surface area contributed by atoms with Crippen molar-refractivity contribution in [2.75, 3.05) is 0 Å². The van der Waals surface area contributed by atoms with Crippen LogP contribution in [-0.2, 0) is 6.54 Å². The maximum atomic E-state index is 6.41. The first-order valence-electron chi connectivity index (χ1n) is 6.42. The summed E-state index contributed by atoms with van der Waals surface area (Å²) in [5, 5.41) is 6.87. The van der Waals surface area contributed by atoms with Crippen LogP contribution in [0, 0.1) is 0 Å². The van der Waals surface area contributed by atoms with Crippen LogP contribution in [0.4, 0.5) is 5.69 Å². The minimum Gasteiger partial charge on any atom is -0.296 e. The predicted octanol–water partition coefficient (Wildman–Crippen LogP) is 4.00. The fourth-order valence-electron chi connectivity index (χ4n) is 2.75. The summed E-state index contributed by atoms with van der Waals surface area (Å²) in [5.74, 6) is 5.84. The van der Waals surface area contributed by atoms with Gasteiger partial charge in [0.25, 0.3) is 0 Å². The zero-order valence-electron chi connectivity index (χ0n) is 10.7. The van der Waals surface area contributed by atoms with Crippen molar-refractivity contribution in [2.45, 2.75) is 6.54 Å². The van der Waals surface area contributed by atoms with E-state index in [4.69, 9.17) is 17.4 Å². The van der Waals surface area contributed by atoms with Gasteiger partial charge in [-0.1, -0.05) is 35.9 Å². The molecule has 4 rings (SSSR count). The van der Waals surface area contributed by atoms with E-state index in [1.165, 1.54) is 10.8 Å². The van der Waals surface area contributed by atoms with Gasteiger partial charge in [-0.15, -0.1) is 0 Å². The Labute approximate surface area is 121 Å². The zero-order chi connectivity index (χ0) is 13.7. The fourth-order valence-corrected chi connectivity index (χ4v) is 3.01. The number of hydrazine groups is 1. The van der Waals surface area contributed by atoms with Gasteiger partial charge in [0.1, 0.15) is 6.34 Å². The second kappa shape index (κ2) is 4.20. The second-order valence-electron chi connectivity index (χ2n) is 5.02. The molecule has 0 fully saturated rings. The molecule has 1 aliphatic rings. The molecule has 0 amide bonds. The number of halogens is 1. The van der Waals surface area contributed by atoms with Crippen molar-refractivity contribution in [1.82, 2.24) is 5.01 Å². The van der Waals surface area contributed by atoms with Crippen LogP contribution >= 0.6 is 11.6 Å². The highest BCUT2D eigenvalue weighted by Crippen LogP contribution is 2.38. The zero-order valence-corrected chi connectivity index (χ0v) is 11.4. The smallest absolute Gasteiger partial charge is 0.106 e. The molecule has 0 aliphatic carbocycles. The van der Waals surface area contributed by atoms with Crippen molar-refractivity contribution in [2.24, 2.45) is 10.8 Å². The van der Waals surface area contributed by atoms with Crippen LogP contribution in [0.1, 0.15) is 5.56 Å². The first-order valence-corrected chi connectivity index (χ1v) is 6.79. The van der Waals surface area contributed by atoms with E-state index in [0.717, 1.165) is 27.0 Å². The summed E-state index contributed by atoms with van der Waals surface area (Å²) < 4.78 is 0. The van der Waals surface area contributed by atoms with Gasteiger partial charge < -0.3 is 0 Å². The summed E-state index contributed by atoms with van der Waals surface area (Å²) in [6.07, 6.45) is 1.63. The molecule has 20 heavy (non-hydrogen) atoms. The molecule has 0 saturated heterocycles. The van der Waals surface area contributed by atoms with Crippen LogP contribution in [0.5, 0.6) is 0 Å². The normalized spacial score (nSPS) is 14.0. The van der Waals surface area contributed by atoms with Gasteiger partial charge in [-0.2, -0.15) is 0 Å². The lowest BCUT2D eigenvalue weighted by atomic mass is 9.98. The number of nitrogens with zero attached hydrogens (tertiary/aromatic N) is 2. The molecule has 0 aromatic heterocycles. The Morgan fingerprint density at radius 3 is 2.50 bits per heavy atom. The van der Waals surface area contributed by atoms with Gasteiger partial charge >= 0.3 is 0 Å². The molecule has 3 aromatic rings. The number of benzene rings is 3. The number of hydrogen-bond acceptors (Lipinski definition) is 3. The SMILES string of the molecule is NN1C=Nc2cc(Cl)c3cc4ccccc4cc3c2C1. The van der Waals surface area contributed by atoms with Crippen molar-refractivity contribution in [3.8, 4) is 0 Å². The Hall–Kier alpha value is -2.10. The van der Waals surface area contributed by atoms with Gasteiger partial charge in [0.05, 0.1) is 17.3 Å². The van der Waals surface area contributed by atoms with Gasteiger partial charge in [-0.3, -0.25) is 5.01 Å². The number of rotatable bonds is 0. The third-order valence-electron chi connectivity index (χ3n) is 3.73. The monoisotopic (exact) mass is 281 g/mol. The lowest BCUT2D eigenvalue weighted by Gasteiger charge is -2.21. The Morgan fingerprint density at radius 1 is 1.05 bits per heavy atom. The molecule has 1 heterocycles. The predicted molar refractivity (Wildman–Crippen MR) is 84.3 cm³/mol. The van der Waals surface area contributed by atoms with Crippen LogP contribution in [0.15, 0.2) is 47.5 Å². The van der Waals surface area contributed by atoms with E-state index < -0.39 is 0 Å². The number of fused-ring (bicyclic) bond motifs is 4. The lowest BCUT2D eigenvalue weighted by Crippen LogP contribution is -2.30. The standard InChI is InChI=1S/C16H12ClN3/c17-15-7-16-14(8-20(18)9-19-16)12-5-10-3-1-2-4-11(10)6-13(12)15/h1-7,9H,8,18H2. The highest BCUT2D eigenvalue weighted by Gasteiger charge is 2.16. The number of hydrogen-bond donors (Lipinski definition) is 1. The minimum absolute atomic E-state index is 0.644. The van der Waals surface area contributed by atoms with E-state index in [0.29, 0.717) is 6.54 Å². The average Bonchev–Trinajstić information content (AvgIpc) is 2.47. The summed E-state index contributed by atoms with van der Waals surface area (Å²) in [6, 6.07) is 14.5. The first-order chi connectivity index (χ1) is 9.72. The summed E-state index contributed by atoms with van der Waals surface area (Å²) in [7, 11) is 0. The summed E-state index contributed by atoms with van der Waals surface area (Å²) in [6.45, 7) is 0.644. The van der Waals surface area contributed by atoms with Crippen molar-refractivity contribution >= 4 is 45.2 Å². The summed E-state index contributed by atoms with van der Waals surface area (Å²) in [4.78, 5) is 4.36. The molecule has 1 aliphatic heterocycles. The molecular formula is C16H12ClN3. The van der Waals surface area contributed by atoms with E-state index in [9.17, 15) is 0 Å². The lowest BCUT2D eigenvalue weighted by molar-refractivity contribution is 0.444. The number of aliphatic imine (C=N–C) groups is 1.